The number of anilines is 1. The summed E-state index contributed by atoms with van der Waals surface area (Å²) >= 11 is 0. The zero-order valence-electron chi connectivity index (χ0n) is 13.4. The van der Waals surface area contributed by atoms with Crippen molar-refractivity contribution in [3.63, 3.8) is 0 Å². The average Bonchev–Trinajstić information content (AvgIpc) is 2.60. The van der Waals surface area contributed by atoms with Crippen LogP contribution >= 0.6 is 0 Å². The molecule has 2 N–H and O–H groups in total. The zero-order valence-corrected chi connectivity index (χ0v) is 13.4. The van der Waals surface area contributed by atoms with Crippen LogP contribution in [0, 0.1) is 5.92 Å². The van der Waals surface area contributed by atoms with Crippen molar-refractivity contribution in [3.05, 3.63) is 59.2 Å². The highest BCUT2D eigenvalue weighted by Crippen LogP contribution is 2.50. The molecule has 0 bridgehead atoms. The van der Waals surface area contributed by atoms with Crippen LogP contribution in [0.25, 0.3) is 0 Å². The fourth-order valence-corrected chi connectivity index (χ4v) is 3.86. The molecule has 0 aromatic heterocycles. The molecule has 2 aliphatic rings. The Morgan fingerprint density at radius 3 is 2.56 bits per heavy atom. The number of phenols is 1. The summed E-state index contributed by atoms with van der Waals surface area (Å²) in [6.45, 7) is 0.555. The van der Waals surface area contributed by atoms with E-state index < -0.39 is 11.7 Å². The van der Waals surface area contributed by atoms with Gasteiger partial charge < -0.3 is 15.2 Å². The topological polar surface area (TPSA) is 41.5 Å². The number of fused-ring (bicyclic) bond motifs is 3. The van der Waals surface area contributed by atoms with Crippen LogP contribution < -0.4 is 5.32 Å². The molecule has 1 fully saturated rings. The lowest BCUT2D eigenvalue weighted by atomic mass is 9.77. The lowest BCUT2D eigenvalue weighted by Crippen LogP contribution is -2.36. The second-order valence-electron chi connectivity index (χ2n) is 6.61. The van der Waals surface area contributed by atoms with Gasteiger partial charge in [0.15, 0.2) is 0 Å². The number of rotatable bonds is 1. The number of alkyl halides is 3. The van der Waals surface area contributed by atoms with Crippen molar-refractivity contribution in [2.45, 2.75) is 31.2 Å². The number of hydrogen-bond acceptors (Lipinski definition) is 3. The minimum atomic E-state index is -4.37. The maximum atomic E-state index is 13.1. The highest BCUT2D eigenvalue weighted by Gasteiger charge is 2.41. The molecule has 0 amide bonds. The third-order valence-corrected chi connectivity index (χ3v) is 5.04. The number of nitrogens with one attached hydrogen (secondary N) is 1. The average molecular weight is 349 g/mol. The van der Waals surface area contributed by atoms with Crippen molar-refractivity contribution < 1.29 is 23.0 Å². The molecule has 2 aromatic rings. The summed E-state index contributed by atoms with van der Waals surface area (Å²) in [7, 11) is 0. The van der Waals surface area contributed by atoms with Crippen molar-refractivity contribution in [1.82, 2.24) is 0 Å². The van der Waals surface area contributed by atoms with E-state index in [0.29, 0.717) is 17.9 Å². The van der Waals surface area contributed by atoms with Gasteiger partial charge in [-0.15, -0.1) is 0 Å². The third kappa shape index (κ3) is 2.95. The van der Waals surface area contributed by atoms with Gasteiger partial charge in [0.05, 0.1) is 17.7 Å². The predicted octanol–water partition coefficient (Wildman–Crippen LogP) is 5.05. The molecule has 0 saturated carbocycles. The summed E-state index contributed by atoms with van der Waals surface area (Å²) in [6.07, 6.45) is -2.97. The molecule has 0 radical (unpaired) electrons. The smallest absolute Gasteiger partial charge is 0.416 e. The van der Waals surface area contributed by atoms with Crippen molar-refractivity contribution in [1.29, 1.82) is 0 Å². The van der Waals surface area contributed by atoms with Crippen LogP contribution in [-0.2, 0) is 10.9 Å². The van der Waals surface area contributed by atoms with Gasteiger partial charge in [-0.2, -0.15) is 13.2 Å². The van der Waals surface area contributed by atoms with E-state index in [1.807, 2.05) is 12.1 Å². The molecule has 0 aliphatic carbocycles. The van der Waals surface area contributed by atoms with Crippen LogP contribution in [0.2, 0.25) is 0 Å². The first kappa shape index (κ1) is 16.3. The Balaban J connectivity index is 1.76. The molecule has 2 aliphatic heterocycles. The standard InChI is InChI=1S/C19H18F3NO2/c20-19(21,22)12-5-8-16-15(10-12)18-14(2-1-9-25-18)17(23-16)11-3-6-13(24)7-4-11/h3-8,10,14,17-18,23-24H,1-2,9H2/t14-,17-,18-/m1/s1. The third-order valence-electron chi connectivity index (χ3n) is 5.04. The molecule has 0 spiro atoms. The fourth-order valence-electron chi connectivity index (χ4n) is 3.86. The number of phenolic OH excluding ortho intramolecular Hbond substituents is 1. The number of ether oxygens (including phenoxy) is 1. The van der Waals surface area contributed by atoms with E-state index in [2.05, 4.69) is 5.32 Å². The van der Waals surface area contributed by atoms with Gasteiger partial charge in [-0.05, 0) is 48.7 Å². The molecule has 132 valence electrons. The van der Waals surface area contributed by atoms with E-state index >= 15 is 0 Å². The highest BCUT2D eigenvalue weighted by molar-refractivity contribution is 5.58. The normalized spacial score (nSPS) is 25.6. The summed E-state index contributed by atoms with van der Waals surface area (Å²) < 4.78 is 45.1. The zero-order chi connectivity index (χ0) is 17.6. The number of aromatic hydroxyl groups is 1. The Bertz CT molecular complexity index is 773. The minimum Gasteiger partial charge on any atom is -0.508 e. The van der Waals surface area contributed by atoms with Crippen LogP contribution in [0.1, 0.15) is 41.7 Å². The Kier molecular flexibility index (Phi) is 3.87. The first-order valence-electron chi connectivity index (χ1n) is 8.32. The number of hydrogen-bond donors (Lipinski definition) is 2. The Morgan fingerprint density at radius 2 is 1.84 bits per heavy atom. The molecular formula is C19H18F3NO2. The van der Waals surface area contributed by atoms with Crippen LogP contribution in [-0.4, -0.2) is 11.7 Å². The second-order valence-corrected chi connectivity index (χ2v) is 6.61. The largest absolute Gasteiger partial charge is 0.508 e. The lowest BCUT2D eigenvalue weighted by Gasteiger charge is -2.43. The van der Waals surface area contributed by atoms with E-state index in [0.717, 1.165) is 24.5 Å². The van der Waals surface area contributed by atoms with Gasteiger partial charge in [-0.25, -0.2) is 0 Å². The maximum absolute atomic E-state index is 13.1. The van der Waals surface area contributed by atoms with Gasteiger partial charge in [0.1, 0.15) is 5.75 Å². The van der Waals surface area contributed by atoms with E-state index in [1.165, 1.54) is 12.1 Å². The molecule has 2 aromatic carbocycles. The molecule has 6 heteroatoms. The van der Waals surface area contributed by atoms with E-state index in [9.17, 15) is 18.3 Å². The van der Waals surface area contributed by atoms with Crippen molar-refractivity contribution >= 4 is 5.69 Å². The molecule has 4 rings (SSSR count). The molecule has 3 atom stereocenters. The summed E-state index contributed by atoms with van der Waals surface area (Å²) in [6, 6.07) is 10.7. The summed E-state index contributed by atoms with van der Waals surface area (Å²) in [4.78, 5) is 0. The quantitative estimate of drug-likeness (QED) is 0.757. The van der Waals surface area contributed by atoms with Gasteiger partial charge in [-0.1, -0.05) is 12.1 Å². The van der Waals surface area contributed by atoms with Gasteiger partial charge in [0.25, 0.3) is 0 Å². The van der Waals surface area contributed by atoms with Gasteiger partial charge in [0, 0.05) is 23.8 Å². The lowest BCUT2D eigenvalue weighted by molar-refractivity contribution is -0.137. The van der Waals surface area contributed by atoms with Crippen molar-refractivity contribution in [3.8, 4) is 5.75 Å². The first-order valence-corrected chi connectivity index (χ1v) is 8.32. The predicted molar refractivity (Wildman–Crippen MR) is 87.3 cm³/mol. The summed E-state index contributed by atoms with van der Waals surface area (Å²) in [5.74, 6) is 0.237. The van der Waals surface area contributed by atoms with E-state index in [4.69, 9.17) is 4.74 Å². The molecule has 0 unspecified atom stereocenters. The highest BCUT2D eigenvalue weighted by atomic mass is 19.4. The summed E-state index contributed by atoms with van der Waals surface area (Å²) in [5.41, 5.74) is 1.59. The Morgan fingerprint density at radius 1 is 1.08 bits per heavy atom. The van der Waals surface area contributed by atoms with E-state index in [1.54, 1.807) is 12.1 Å². The van der Waals surface area contributed by atoms with Gasteiger partial charge in [0.2, 0.25) is 0 Å². The van der Waals surface area contributed by atoms with Crippen molar-refractivity contribution in [2.75, 3.05) is 11.9 Å². The van der Waals surface area contributed by atoms with Crippen molar-refractivity contribution in [2.24, 2.45) is 5.92 Å². The maximum Gasteiger partial charge on any atom is 0.416 e. The minimum absolute atomic E-state index is 0.0503. The first-order chi connectivity index (χ1) is 11.9. The SMILES string of the molecule is Oc1ccc([C@H]2Nc3ccc(C(F)(F)F)cc3[C@@H]3OCCC[C@H]23)cc1. The van der Waals surface area contributed by atoms with E-state index in [-0.39, 0.29) is 23.8 Å². The van der Waals surface area contributed by atoms with Crippen LogP contribution in [0.5, 0.6) is 5.75 Å². The van der Waals surface area contributed by atoms with Gasteiger partial charge in [-0.3, -0.25) is 0 Å². The summed E-state index contributed by atoms with van der Waals surface area (Å²) in [5, 5.41) is 12.9. The number of halogens is 3. The van der Waals surface area contributed by atoms with Crippen LogP contribution in [0.4, 0.5) is 18.9 Å². The van der Waals surface area contributed by atoms with Gasteiger partial charge >= 0.3 is 6.18 Å². The molecule has 2 heterocycles. The Hall–Kier alpha value is -2.21. The van der Waals surface area contributed by atoms with Crippen LogP contribution in [0.3, 0.4) is 0 Å². The van der Waals surface area contributed by atoms with Crippen LogP contribution in [0.15, 0.2) is 42.5 Å². The molecule has 3 nitrogen and oxygen atoms in total. The Labute approximate surface area is 143 Å². The monoisotopic (exact) mass is 349 g/mol. The number of benzene rings is 2. The molecule has 1 saturated heterocycles. The fraction of sp³-hybridized carbons (Fsp3) is 0.368. The molecular weight excluding hydrogens is 331 g/mol. The second kappa shape index (κ2) is 5.95. The molecule has 25 heavy (non-hydrogen) atoms.